The van der Waals surface area contributed by atoms with Gasteiger partial charge in [-0.05, 0) is 87.8 Å². The van der Waals surface area contributed by atoms with Crippen LogP contribution in [0.2, 0.25) is 0 Å². The van der Waals surface area contributed by atoms with Crippen LogP contribution in [-0.2, 0) is 70.6 Å². The number of nitrogens with zero attached hydrogens (tertiary/aromatic N) is 1. The number of benzene rings is 2. The topological polar surface area (TPSA) is 402 Å². The van der Waals surface area contributed by atoms with E-state index in [9.17, 15) is 68.1 Å². The number of carbonyl (C=O) groups excluding carboxylic acids is 8. The first-order chi connectivity index (χ1) is 40.0. The number of hydrogen-bond donors (Lipinski definition) is 13. The minimum absolute atomic E-state index is 0.00894. The van der Waals surface area contributed by atoms with Crippen LogP contribution >= 0.6 is 54.0 Å². The van der Waals surface area contributed by atoms with Crippen molar-refractivity contribution in [2.45, 2.75) is 138 Å². The van der Waals surface area contributed by atoms with E-state index in [-0.39, 0.29) is 84.7 Å². The maximum absolute atomic E-state index is 15.8. The average molecular weight is 1280 g/mol. The number of aliphatic hydroxyl groups is 1. The van der Waals surface area contributed by atoms with Crippen LogP contribution in [0.1, 0.15) is 63.5 Å². The molecule has 25 nitrogen and oxygen atoms in total. The molecule has 3 bridgehead atoms. The number of hydrogen-bond acceptors (Lipinski definition) is 23. The number of aliphatic carboxylic acids is 2. The van der Waals surface area contributed by atoms with E-state index in [0.717, 1.165) is 43.2 Å². The predicted molar refractivity (Wildman–Crippen MR) is 322 cm³/mol. The highest BCUT2D eigenvalue weighted by Gasteiger charge is 2.43. The van der Waals surface area contributed by atoms with E-state index in [0.29, 0.717) is 17.5 Å². The number of ketones is 3. The van der Waals surface area contributed by atoms with Crippen LogP contribution in [0.4, 0.5) is 0 Å². The van der Waals surface area contributed by atoms with Gasteiger partial charge in [-0.25, -0.2) is 4.21 Å². The molecule has 0 aliphatic carbocycles. The lowest BCUT2D eigenvalue weighted by Crippen LogP contribution is -2.61. The fraction of sp³-hybridized carbons (Fsp3) is 0.585. The van der Waals surface area contributed by atoms with Crippen molar-refractivity contribution in [3.8, 4) is 11.5 Å². The van der Waals surface area contributed by atoms with E-state index in [2.05, 4.69) is 37.2 Å². The van der Waals surface area contributed by atoms with Gasteiger partial charge in [-0.1, -0.05) is 78.2 Å². The van der Waals surface area contributed by atoms with Crippen LogP contribution in [0.15, 0.2) is 48.5 Å². The van der Waals surface area contributed by atoms with Crippen molar-refractivity contribution >= 4 is 123 Å². The third-order valence-electron chi connectivity index (χ3n) is 14.6. The molecule has 4 saturated heterocycles. The van der Waals surface area contributed by atoms with E-state index >= 15 is 9.59 Å². The fourth-order valence-corrected chi connectivity index (χ4v) is 17.8. The van der Waals surface area contributed by atoms with E-state index < -0.39 is 167 Å². The van der Waals surface area contributed by atoms with Gasteiger partial charge in [0.2, 0.25) is 29.5 Å². The smallest absolute Gasteiger partial charge is 0.321 e. The summed E-state index contributed by atoms with van der Waals surface area (Å²) >= 11 is 0. The van der Waals surface area contributed by atoms with Gasteiger partial charge < -0.3 is 62.8 Å². The van der Waals surface area contributed by atoms with Crippen molar-refractivity contribution < 1.29 is 77.7 Å². The van der Waals surface area contributed by atoms with Gasteiger partial charge in [-0.3, -0.25) is 58.6 Å². The number of Topliss-reactive ketones (excluding diaryl/α,β-unsaturated/α-hetero) is 3. The molecule has 6 rings (SSSR count). The summed E-state index contributed by atoms with van der Waals surface area (Å²) in [5.41, 5.74) is 6.80. The average Bonchev–Trinajstić information content (AvgIpc) is 4.15. The number of rotatable bonds is 13. The van der Waals surface area contributed by atoms with Crippen LogP contribution in [0.25, 0.3) is 0 Å². The lowest BCUT2D eigenvalue weighted by atomic mass is 9.89. The predicted octanol–water partition coefficient (Wildman–Crippen LogP) is -0.593. The number of phenolic OH excluding ortho intramolecular Hbond substituents is 2. The van der Waals surface area contributed by atoms with Crippen LogP contribution in [0.3, 0.4) is 0 Å². The van der Waals surface area contributed by atoms with E-state index in [1.54, 1.807) is 0 Å². The number of aromatic hydroxyl groups is 2. The van der Waals surface area contributed by atoms with Crippen LogP contribution in [0, 0.1) is 5.92 Å². The number of nitrogens with two attached hydrogens (primary N) is 1. The molecule has 14 atom stereocenters. The Morgan fingerprint density at radius 1 is 0.774 bits per heavy atom. The molecule has 4 aliphatic heterocycles. The summed E-state index contributed by atoms with van der Waals surface area (Å²) in [5, 5.41) is 72.2. The molecule has 2 aromatic carbocycles. The van der Waals surface area contributed by atoms with Gasteiger partial charge in [0.1, 0.15) is 29.6 Å². The second-order valence-corrected chi connectivity index (χ2v) is 29.4. The standard InChI is InChI=1S/C53H73N9O16S6/c1-27-47(70)41-25-82-79-22-31-15-17-84(78)83-26-39(58-37(20-44(54)67)52(75)62-16-3-4-42(62)50(73)56-27)34(48(71)36(18-29-5-9-32(64)10-6-29)61-49(72)35(57-31)13-14-45(68)69)23-80-81-24-40(43(66)21-55-51(74)46(60-41)28(2)63)59-38(53(76)77)19-30-7-11-33(65)12-8-30/h5-12,27-28,31,34-42,46,57-60,63-65H,3-4,13-26H2,1-2H3,(H2,54,67)(H,55,74)(H,56,73)(H,61,72)(H,68,69)(H,76,77)/t27-,28+,31?,34?,35-,36-,37-,38-,39?,40?,41?,42-,46-,84?/m0/s1. The lowest BCUT2D eigenvalue weighted by Gasteiger charge is -2.35. The summed E-state index contributed by atoms with van der Waals surface area (Å²) < 4.78 is 14.3. The van der Waals surface area contributed by atoms with Crippen LogP contribution < -0.4 is 43.0 Å². The minimum Gasteiger partial charge on any atom is -0.508 e. The Kier molecular flexibility index (Phi) is 27.0. The van der Waals surface area contributed by atoms with Gasteiger partial charge >= 0.3 is 11.9 Å². The number of carboxylic acids is 2. The number of amides is 5. The van der Waals surface area contributed by atoms with Crippen molar-refractivity contribution in [3.05, 3.63) is 59.7 Å². The van der Waals surface area contributed by atoms with Crippen molar-refractivity contribution in [3.63, 3.8) is 0 Å². The summed E-state index contributed by atoms with van der Waals surface area (Å²) in [4.78, 5) is 143. The number of phenols is 2. The van der Waals surface area contributed by atoms with Crippen LogP contribution in [-0.4, -0.2) is 214 Å². The molecule has 0 saturated carbocycles. The van der Waals surface area contributed by atoms with Crippen LogP contribution in [0.5, 0.6) is 11.5 Å². The van der Waals surface area contributed by atoms with Gasteiger partial charge in [0.05, 0.1) is 65.2 Å². The van der Waals surface area contributed by atoms with E-state index in [1.807, 2.05) is 0 Å². The molecule has 4 aliphatic rings. The summed E-state index contributed by atoms with van der Waals surface area (Å²) in [6.07, 6.45) is -2.65. The molecule has 4 heterocycles. The van der Waals surface area contributed by atoms with Crippen molar-refractivity contribution in [2.75, 3.05) is 47.6 Å². The second-order valence-electron chi connectivity index (χ2n) is 20.9. The van der Waals surface area contributed by atoms with Gasteiger partial charge in [-0.15, -0.1) is 0 Å². The lowest BCUT2D eigenvalue weighted by molar-refractivity contribution is -0.142. The molecule has 0 aromatic heterocycles. The maximum atomic E-state index is 15.8. The number of primary amides is 1. The van der Waals surface area contributed by atoms with Crippen molar-refractivity contribution in [1.82, 2.24) is 42.1 Å². The third-order valence-corrected chi connectivity index (χ3v) is 22.5. The first kappa shape index (κ1) is 68.2. The molecule has 462 valence electrons. The molecular weight excluding hydrogens is 1210 g/mol. The molecule has 14 N–H and O–H groups in total. The van der Waals surface area contributed by atoms with Gasteiger partial charge in [0.15, 0.2) is 17.3 Å². The maximum Gasteiger partial charge on any atom is 0.321 e. The van der Waals surface area contributed by atoms with Gasteiger partial charge in [0, 0.05) is 65.5 Å². The van der Waals surface area contributed by atoms with Crippen molar-refractivity contribution in [2.24, 2.45) is 11.7 Å². The first-order valence-corrected chi connectivity index (χ1v) is 35.1. The zero-order valence-electron chi connectivity index (χ0n) is 46.1. The molecule has 0 radical (unpaired) electrons. The highest BCUT2D eigenvalue weighted by molar-refractivity contribution is 8.77. The third kappa shape index (κ3) is 20.6. The number of carboxylic acid groups (broad SMARTS) is 2. The Morgan fingerprint density at radius 3 is 2.08 bits per heavy atom. The summed E-state index contributed by atoms with van der Waals surface area (Å²) in [6, 6.07) is -2.59. The Labute approximate surface area is 507 Å². The molecule has 6 unspecified atom stereocenters. The molecular formula is C53H73N9O16S6. The Morgan fingerprint density at radius 2 is 1.43 bits per heavy atom. The van der Waals surface area contributed by atoms with Gasteiger partial charge in [0.25, 0.3) is 0 Å². The Hall–Kier alpha value is -4.96. The first-order valence-electron chi connectivity index (χ1n) is 27.3. The molecule has 4 fully saturated rings. The molecule has 84 heavy (non-hydrogen) atoms. The molecule has 0 spiro atoms. The number of carbonyl (C=O) groups is 10. The highest BCUT2D eigenvalue weighted by Crippen LogP contribution is 2.32. The van der Waals surface area contributed by atoms with E-state index in [1.165, 1.54) is 78.1 Å². The number of aliphatic hydroxyl groups excluding tert-OH is 1. The SMILES string of the molecule is C[C@@H]1NC(=O)[C@@H]2CCCN2C(=O)[C@H](CC(N)=O)NC2CSS(=O)CCC3CSSCC(N[C@@H]([C@@H](C)O)C(=O)NCC(=O)C(N[C@@H](Cc4ccc(O)cc4)C(=O)O)CSSCC2C(=O)[C@H](Cc2ccc(O)cc2)NC(=O)[C@H](CCC(=O)O)N3)C1=O. The minimum atomic E-state index is -1.76. The summed E-state index contributed by atoms with van der Waals surface area (Å²) in [5.74, 6) is -10.7. The zero-order chi connectivity index (χ0) is 61.2. The zero-order valence-corrected chi connectivity index (χ0v) is 51.0. The summed E-state index contributed by atoms with van der Waals surface area (Å²) in [7, 11) is 3.59. The fourth-order valence-electron chi connectivity index (χ4n) is 9.98. The quantitative estimate of drug-likeness (QED) is 0.111. The molecule has 5 amide bonds. The van der Waals surface area contributed by atoms with Crippen molar-refractivity contribution in [1.29, 1.82) is 0 Å². The Balaban J connectivity index is 1.55. The molecule has 2 aromatic rings. The normalized spacial score (nSPS) is 29.8. The van der Waals surface area contributed by atoms with Gasteiger partial charge in [-0.2, -0.15) is 0 Å². The highest BCUT2D eigenvalue weighted by atomic mass is 33.1. The monoisotopic (exact) mass is 1280 g/mol. The van der Waals surface area contributed by atoms with E-state index in [4.69, 9.17) is 5.73 Å². The molecule has 31 heteroatoms. The number of fused-ring (bicyclic) bond motifs is 11. The largest absolute Gasteiger partial charge is 0.508 e. The number of nitrogens with one attached hydrogen (secondary N) is 7. The second kappa shape index (κ2) is 33.2. The summed E-state index contributed by atoms with van der Waals surface area (Å²) in [6.45, 7) is 2.01. The Bertz CT molecular complexity index is 2700.